The summed E-state index contributed by atoms with van der Waals surface area (Å²) in [6.07, 6.45) is 1.80. The number of carbonyl (C=O) groups excluding carboxylic acids is 2. The molecule has 1 aliphatic heterocycles. The summed E-state index contributed by atoms with van der Waals surface area (Å²) in [4.78, 5) is 29.6. The fourth-order valence-corrected chi connectivity index (χ4v) is 7.54. The number of amides is 1. The molecule has 0 saturated carbocycles. The van der Waals surface area contributed by atoms with Gasteiger partial charge in [-0.1, -0.05) is 41.3 Å². The van der Waals surface area contributed by atoms with Crippen LogP contribution >= 0.6 is 34.4 Å². The van der Waals surface area contributed by atoms with Crippen LogP contribution < -0.4 is 16.0 Å². The lowest BCUT2D eigenvalue weighted by Crippen LogP contribution is -2.38. The quantitative estimate of drug-likeness (QED) is 0.374. The summed E-state index contributed by atoms with van der Waals surface area (Å²) in [5.41, 5.74) is 11.2. The van der Waals surface area contributed by atoms with Gasteiger partial charge in [-0.15, -0.1) is 21.5 Å². The molecule has 1 amide bonds. The Morgan fingerprint density at radius 3 is 2.63 bits per heavy atom. The molecule has 38 heavy (non-hydrogen) atoms. The number of ketones is 1. The Bertz CT molecular complexity index is 1520. The highest BCUT2D eigenvalue weighted by atomic mass is 32.2. The van der Waals surface area contributed by atoms with Crippen LogP contribution in [-0.4, -0.2) is 27.6 Å². The number of hydrogen-bond donors (Lipinski definition) is 2. The van der Waals surface area contributed by atoms with E-state index in [1.165, 1.54) is 23.1 Å². The summed E-state index contributed by atoms with van der Waals surface area (Å²) in [6.45, 7) is 5.92. The molecule has 1 aromatic carbocycles. The van der Waals surface area contributed by atoms with Crippen LogP contribution in [0.5, 0.6) is 0 Å². The Kier molecular flexibility index (Phi) is 7.38. The second-order valence-corrected chi connectivity index (χ2v) is 12.7. The normalized spacial score (nSPS) is 17.5. The Morgan fingerprint density at radius 2 is 1.95 bits per heavy atom. The van der Waals surface area contributed by atoms with Crippen LogP contribution in [0.1, 0.15) is 46.1 Å². The number of hydrogen-bond acceptors (Lipinski definition) is 10. The van der Waals surface area contributed by atoms with Gasteiger partial charge >= 0.3 is 0 Å². The zero-order valence-electron chi connectivity index (χ0n) is 21.2. The van der Waals surface area contributed by atoms with E-state index < -0.39 is 5.92 Å². The van der Waals surface area contributed by atoms with Crippen molar-refractivity contribution in [3.8, 4) is 6.07 Å². The van der Waals surface area contributed by atoms with Crippen LogP contribution in [-0.2, 0) is 9.59 Å². The minimum absolute atomic E-state index is 0.0369. The van der Waals surface area contributed by atoms with E-state index in [0.29, 0.717) is 39.9 Å². The van der Waals surface area contributed by atoms with E-state index >= 15 is 0 Å². The van der Waals surface area contributed by atoms with Crippen LogP contribution in [0, 0.1) is 32.1 Å². The standard InChI is InChI=1S/C27H26N6O2S3/c1-14-6-4-7-15(2)24(14)30-21(35)13-36-27-32-31-26(38-27)33-18-8-5-9-19(34)23(18)22(17(12-28)25(33)29)20-11-10-16(3)37-20/h4,6-7,10-11,22H,5,8-9,13,29H2,1-3H3,(H,30,35). The van der Waals surface area contributed by atoms with Crippen LogP contribution in [0.15, 0.2) is 57.3 Å². The summed E-state index contributed by atoms with van der Waals surface area (Å²) in [5.74, 6) is -0.116. The number of aryl methyl sites for hydroxylation is 3. The van der Waals surface area contributed by atoms with Crippen molar-refractivity contribution in [3.05, 3.63) is 73.9 Å². The number of thioether (sulfide) groups is 1. The predicted octanol–water partition coefficient (Wildman–Crippen LogP) is 5.56. The van der Waals surface area contributed by atoms with Crippen molar-refractivity contribution in [3.63, 3.8) is 0 Å². The van der Waals surface area contributed by atoms with Crippen molar-refractivity contribution in [2.75, 3.05) is 16.0 Å². The first-order valence-electron chi connectivity index (χ1n) is 12.1. The van der Waals surface area contributed by atoms with E-state index in [2.05, 4.69) is 21.6 Å². The molecular formula is C27H26N6O2S3. The van der Waals surface area contributed by atoms with Gasteiger partial charge in [-0.25, -0.2) is 0 Å². The lowest BCUT2D eigenvalue weighted by Gasteiger charge is -2.37. The van der Waals surface area contributed by atoms with Crippen molar-refractivity contribution in [2.45, 2.75) is 50.3 Å². The number of anilines is 2. The molecule has 0 bridgehead atoms. The number of Topliss-reactive ketones (excluding diaryl/α,β-unsaturated/α-hetero) is 1. The first-order chi connectivity index (χ1) is 18.3. The van der Waals surface area contributed by atoms with Crippen LogP contribution in [0.2, 0.25) is 0 Å². The maximum atomic E-state index is 13.2. The van der Waals surface area contributed by atoms with Gasteiger partial charge in [0, 0.05) is 33.1 Å². The Balaban J connectivity index is 1.41. The van der Waals surface area contributed by atoms with Gasteiger partial charge in [-0.2, -0.15) is 5.26 Å². The molecular weight excluding hydrogens is 537 g/mol. The molecule has 3 aromatic rings. The number of nitrogens with zero attached hydrogens (tertiary/aromatic N) is 4. The number of rotatable bonds is 6. The molecule has 1 unspecified atom stereocenters. The van der Waals surface area contributed by atoms with Gasteiger partial charge in [-0.3, -0.25) is 14.5 Å². The average Bonchev–Trinajstić information content (AvgIpc) is 3.53. The molecule has 1 atom stereocenters. The van der Waals surface area contributed by atoms with Gasteiger partial charge in [0.1, 0.15) is 5.82 Å². The van der Waals surface area contributed by atoms with Gasteiger partial charge < -0.3 is 11.1 Å². The largest absolute Gasteiger partial charge is 0.384 e. The maximum absolute atomic E-state index is 13.2. The Labute approximate surface area is 233 Å². The molecule has 0 radical (unpaired) electrons. The number of allylic oxidation sites excluding steroid dienone is 3. The molecule has 1 aliphatic carbocycles. The van der Waals surface area contributed by atoms with E-state index in [9.17, 15) is 14.9 Å². The van der Waals surface area contributed by atoms with Gasteiger partial charge in [0.05, 0.1) is 23.3 Å². The van der Waals surface area contributed by atoms with Crippen molar-refractivity contribution < 1.29 is 9.59 Å². The lowest BCUT2D eigenvalue weighted by atomic mass is 9.78. The molecule has 194 valence electrons. The van der Waals surface area contributed by atoms with Gasteiger partial charge in [0.25, 0.3) is 0 Å². The number of benzene rings is 1. The molecule has 3 heterocycles. The third-order valence-corrected chi connectivity index (χ3v) is 9.73. The Hall–Kier alpha value is -3.46. The third kappa shape index (κ3) is 4.87. The number of nitrogens with two attached hydrogens (primary N) is 1. The highest BCUT2D eigenvalue weighted by molar-refractivity contribution is 8.01. The average molecular weight is 563 g/mol. The first kappa shape index (κ1) is 26.2. The molecule has 2 aliphatic rings. The zero-order chi connectivity index (χ0) is 27.0. The molecule has 3 N–H and O–H groups in total. The van der Waals surface area contributed by atoms with E-state index in [0.717, 1.165) is 32.3 Å². The monoisotopic (exact) mass is 562 g/mol. The van der Waals surface area contributed by atoms with Crippen molar-refractivity contribution in [2.24, 2.45) is 5.73 Å². The second-order valence-electron chi connectivity index (χ2n) is 9.22. The fourth-order valence-electron chi connectivity index (χ4n) is 4.86. The van der Waals surface area contributed by atoms with Crippen LogP contribution in [0.3, 0.4) is 0 Å². The number of aromatic nitrogens is 2. The van der Waals surface area contributed by atoms with Crippen molar-refractivity contribution in [1.29, 1.82) is 5.26 Å². The number of nitriles is 1. The van der Waals surface area contributed by atoms with Crippen molar-refractivity contribution in [1.82, 2.24) is 10.2 Å². The van der Waals surface area contributed by atoms with E-state index in [1.54, 1.807) is 16.2 Å². The highest BCUT2D eigenvalue weighted by Crippen LogP contribution is 2.48. The molecule has 0 spiro atoms. The van der Waals surface area contributed by atoms with Gasteiger partial charge in [0.15, 0.2) is 10.1 Å². The molecule has 8 nitrogen and oxygen atoms in total. The summed E-state index contributed by atoms with van der Waals surface area (Å²) < 4.78 is 0.600. The number of thiophene rings is 1. The first-order valence-corrected chi connectivity index (χ1v) is 14.7. The maximum Gasteiger partial charge on any atom is 0.234 e. The lowest BCUT2D eigenvalue weighted by molar-refractivity contribution is -0.116. The highest BCUT2D eigenvalue weighted by Gasteiger charge is 2.41. The molecule has 0 saturated heterocycles. The van der Waals surface area contributed by atoms with E-state index in [1.807, 2.05) is 51.1 Å². The third-order valence-electron chi connectivity index (χ3n) is 6.62. The van der Waals surface area contributed by atoms with Gasteiger partial charge in [-0.05, 0) is 56.9 Å². The summed E-state index contributed by atoms with van der Waals surface area (Å²) in [6, 6.07) is 12.1. The van der Waals surface area contributed by atoms with Crippen LogP contribution in [0.25, 0.3) is 0 Å². The summed E-state index contributed by atoms with van der Waals surface area (Å²) in [7, 11) is 0. The SMILES string of the molecule is Cc1ccc(C2C(C#N)=C(N)N(c3nnc(SCC(=O)Nc4c(C)cccc4C)s3)C3=C2C(=O)CCC3)s1. The van der Waals surface area contributed by atoms with Gasteiger partial charge in [0.2, 0.25) is 11.0 Å². The molecule has 2 aromatic heterocycles. The molecule has 11 heteroatoms. The smallest absolute Gasteiger partial charge is 0.234 e. The fraction of sp³-hybridized carbons (Fsp3) is 0.296. The van der Waals surface area contributed by atoms with Crippen molar-refractivity contribution >= 4 is 56.9 Å². The molecule has 5 rings (SSSR count). The number of carbonyl (C=O) groups is 2. The molecule has 0 fully saturated rings. The van der Waals surface area contributed by atoms with E-state index in [4.69, 9.17) is 5.73 Å². The summed E-state index contributed by atoms with van der Waals surface area (Å²) in [5, 5.41) is 22.2. The minimum Gasteiger partial charge on any atom is -0.384 e. The summed E-state index contributed by atoms with van der Waals surface area (Å²) >= 11 is 4.15. The predicted molar refractivity (Wildman–Crippen MR) is 152 cm³/mol. The minimum atomic E-state index is -0.465. The topological polar surface area (TPSA) is 125 Å². The Morgan fingerprint density at radius 1 is 1.18 bits per heavy atom. The second kappa shape index (κ2) is 10.7. The number of para-hydroxylation sites is 1. The number of nitrogens with one attached hydrogen (secondary N) is 1. The van der Waals surface area contributed by atoms with Crippen LogP contribution in [0.4, 0.5) is 10.8 Å². The van der Waals surface area contributed by atoms with E-state index in [-0.39, 0.29) is 23.3 Å². The zero-order valence-corrected chi connectivity index (χ0v) is 23.6.